The molecule has 0 aliphatic carbocycles. The third kappa shape index (κ3) is 7.79. The van der Waals surface area contributed by atoms with Crippen molar-refractivity contribution in [1.29, 1.82) is 0 Å². The van der Waals surface area contributed by atoms with Gasteiger partial charge in [0.2, 0.25) is 18.4 Å². The average Bonchev–Trinajstić information content (AvgIpc) is 3.31. The van der Waals surface area contributed by atoms with Crippen molar-refractivity contribution in [3.8, 4) is 5.75 Å². The molecule has 0 bridgehead atoms. The van der Waals surface area contributed by atoms with Crippen molar-refractivity contribution < 1.29 is 57.0 Å². The summed E-state index contributed by atoms with van der Waals surface area (Å²) in [5, 5.41) is 30.7. The van der Waals surface area contributed by atoms with Crippen molar-refractivity contribution in [2.24, 2.45) is 5.73 Å². The van der Waals surface area contributed by atoms with Crippen LogP contribution in [0.3, 0.4) is 0 Å². The fourth-order valence-corrected chi connectivity index (χ4v) is 5.92. The molecule has 2 aromatic rings. The Morgan fingerprint density at radius 2 is 1.84 bits per heavy atom. The highest BCUT2D eigenvalue weighted by Gasteiger charge is 2.50. The number of carbonyl (C=O) groups excluding carboxylic acids is 4. The number of nitrogens with zero attached hydrogens (tertiary/aromatic N) is 3. The van der Waals surface area contributed by atoms with E-state index in [2.05, 4.69) is 5.32 Å². The van der Waals surface area contributed by atoms with E-state index in [9.17, 15) is 42.6 Å². The second-order valence-corrected chi connectivity index (χ2v) is 11.1. The van der Waals surface area contributed by atoms with Crippen molar-refractivity contribution in [1.82, 2.24) is 9.80 Å². The lowest BCUT2D eigenvalue weighted by molar-refractivity contribution is -0.684. The third-order valence-electron chi connectivity index (χ3n) is 6.83. The number of alkyl halides is 3. The van der Waals surface area contributed by atoms with Crippen LogP contribution in [0.4, 0.5) is 18.9 Å². The molecule has 4 heterocycles. The first-order chi connectivity index (χ1) is 21.1. The van der Waals surface area contributed by atoms with Crippen LogP contribution in [0.25, 0.3) is 0 Å². The number of phenolic OH excluding ortho intramolecular Hbond substituents is 1. The molecule has 0 spiro atoms. The number of aromatic hydroxyl groups is 1. The maximum absolute atomic E-state index is 13.0. The minimum Gasteiger partial charge on any atom is -0.543 e. The van der Waals surface area contributed by atoms with Crippen molar-refractivity contribution >= 4 is 47.1 Å². The minimum atomic E-state index is -5.08. The van der Waals surface area contributed by atoms with E-state index in [1.54, 1.807) is 40.1 Å². The lowest BCUT2D eigenvalue weighted by atomic mass is 10.0. The Morgan fingerprint density at radius 3 is 2.44 bits per heavy atom. The number of phenols is 1. The molecule has 1 aromatic carbocycles. The Hall–Kier alpha value is -4.90. The molecule has 45 heavy (non-hydrogen) atoms. The van der Waals surface area contributed by atoms with E-state index >= 15 is 0 Å². The van der Waals surface area contributed by atoms with Gasteiger partial charge in [0, 0.05) is 48.3 Å². The largest absolute Gasteiger partial charge is 0.543 e. The van der Waals surface area contributed by atoms with Crippen LogP contribution < -0.4 is 20.7 Å². The van der Waals surface area contributed by atoms with Gasteiger partial charge in [0.25, 0.3) is 5.91 Å². The molecule has 13 nitrogen and oxygen atoms in total. The smallest absolute Gasteiger partial charge is 0.490 e. The molecule has 0 unspecified atom stereocenters. The second kappa shape index (κ2) is 13.4. The molecule has 3 amide bonds. The maximum Gasteiger partial charge on any atom is 0.490 e. The molecule has 17 heteroatoms. The first-order valence-electron chi connectivity index (χ1n) is 13.2. The fourth-order valence-electron chi connectivity index (χ4n) is 4.67. The molecule has 3 aliphatic rings. The summed E-state index contributed by atoms with van der Waals surface area (Å²) in [4.78, 5) is 61.0. The molecule has 2 saturated heterocycles. The zero-order valence-corrected chi connectivity index (χ0v) is 24.0. The number of anilines is 1. The number of rotatable bonds is 7. The number of aromatic nitrogens is 1. The number of benzene rings is 1. The number of nitrogens with one attached hydrogen (secondary N) is 1. The summed E-state index contributed by atoms with van der Waals surface area (Å²) in [5.41, 5.74) is 7.79. The second-order valence-electron chi connectivity index (χ2n) is 10.0. The predicted molar refractivity (Wildman–Crippen MR) is 148 cm³/mol. The van der Waals surface area contributed by atoms with Gasteiger partial charge in [-0.1, -0.05) is 6.07 Å². The van der Waals surface area contributed by atoms with Crippen LogP contribution >= 0.6 is 11.8 Å². The van der Waals surface area contributed by atoms with Gasteiger partial charge in [0.05, 0.1) is 11.7 Å². The summed E-state index contributed by atoms with van der Waals surface area (Å²) in [5.74, 6) is -4.75. The van der Waals surface area contributed by atoms with Crippen LogP contribution in [-0.4, -0.2) is 79.6 Å². The van der Waals surface area contributed by atoms with E-state index in [-0.39, 0.29) is 29.8 Å². The summed E-state index contributed by atoms with van der Waals surface area (Å²) in [6.07, 6.45) is 0.427. The standard InChI is InChI=1S/C26H25N5O6S.C2HF3O2/c27-21-24(35)31-22(26(36)37)17(14-38-25(21)31)10-16-6-9-30(23(16)34)12-15-4-7-29(8-5-15)13-20(33)28-18-2-1-3-19(32)11-18;3-2(4,5)1(6)7/h1-5,7-8,10-11,21,25H,6,9,12-14,27H2,(H2-,28,32,33,36,37);(H,6,7)/b16-10+;/t21-,25-;/m1./s1. The van der Waals surface area contributed by atoms with Gasteiger partial charge < -0.3 is 36.1 Å². The Morgan fingerprint density at radius 1 is 1.18 bits per heavy atom. The van der Waals surface area contributed by atoms with Gasteiger partial charge in [-0.05, 0) is 35.8 Å². The number of allylic oxidation sites excluding steroid dienone is 1. The molecule has 238 valence electrons. The van der Waals surface area contributed by atoms with Crippen LogP contribution in [0.15, 0.2) is 71.7 Å². The molecule has 2 fully saturated rings. The number of nitrogens with two attached hydrogens (primary N) is 1. The lowest BCUT2D eigenvalue weighted by Gasteiger charge is -2.49. The van der Waals surface area contributed by atoms with Crippen LogP contribution in [0, 0.1) is 0 Å². The number of thioether (sulfide) groups is 1. The zero-order chi connectivity index (χ0) is 33.1. The van der Waals surface area contributed by atoms with Crippen molar-refractivity contribution in [3.63, 3.8) is 0 Å². The quantitative estimate of drug-likeness (QED) is 0.178. The molecule has 0 saturated carbocycles. The maximum atomic E-state index is 13.0. The summed E-state index contributed by atoms with van der Waals surface area (Å²) in [6, 6.07) is 9.21. The van der Waals surface area contributed by atoms with E-state index in [0.717, 1.165) is 10.5 Å². The number of carboxylic acids is 2. The van der Waals surface area contributed by atoms with Gasteiger partial charge in [-0.2, -0.15) is 17.7 Å². The number of carboxylic acid groups (broad SMARTS) is 2. The molecular weight excluding hydrogens is 623 g/mol. The van der Waals surface area contributed by atoms with Gasteiger partial charge in [-0.3, -0.25) is 19.3 Å². The molecule has 0 radical (unpaired) electrons. The monoisotopic (exact) mass is 649 g/mol. The van der Waals surface area contributed by atoms with Crippen LogP contribution in [0.5, 0.6) is 5.75 Å². The number of likely N-dealkylation sites (tertiary alicyclic amines) is 1. The number of amides is 3. The number of halogens is 3. The first-order valence-corrected chi connectivity index (χ1v) is 14.2. The minimum absolute atomic E-state index is 0.0626. The van der Waals surface area contributed by atoms with E-state index in [1.807, 2.05) is 12.1 Å². The summed E-state index contributed by atoms with van der Waals surface area (Å²) in [7, 11) is 0. The van der Waals surface area contributed by atoms with E-state index in [1.165, 1.54) is 23.9 Å². The number of carbonyl (C=O) groups is 5. The Labute approximate surface area is 257 Å². The number of β-lactam (4-membered cyclic amide) rings is 1. The summed E-state index contributed by atoms with van der Waals surface area (Å²) >= 11 is 1.37. The van der Waals surface area contributed by atoms with Gasteiger partial charge in [-0.25, -0.2) is 4.79 Å². The normalized spacial score (nSPS) is 20.3. The zero-order valence-electron chi connectivity index (χ0n) is 23.2. The third-order valence-corrected chi connectivity index (χ3v) is 8.15. The molecule has 2 atom stereocenters. The molecule has 5 rings (SSSR count). The summed E-state index contributed by atoms with van der Waals surface area (Å²) < 4.78 is 33.4. The first kappa shape index (κ1) is 33.0. The predicted octanol–water partition coefficient (Wildman–Crippen LogP) is -0.143. The highest BCUT2D eigenvalue weighted by atomic mass is 32.2. The number of hydrogen-bond acceptors (Lipinski definition) is 9. The number of fused-ring (bicyclic) bond motifs is 1. The van der Waals surface area contributed by atoms with Gasteiger partial charge in [-0.15, -0.1) is 11.8 Å². The van der Waals surface area contributed by atoms with Crippen molar-refractivity contribution in [2.45, 2.75) is 37.1 Å². The molecule has 3 aliphatic heterocycles. The number of aliphatic carboxylic acids is 2. The van der Waals surface area contributed by atoms with E-state index in [4.69, 9.17) is 15.6 Å². The van der Waals surface area contributed by atoms with Crippen LogP contribution in [-0.2, 0) is 37.1 Å². The van der Waals surface area contributed by atoms with E-state index in [0.29, 0.717) is 42.1 Å². The highest BCUT2D eigenvalue weighted by Crippen LogP contribution is 2.40. The van der Waals surface area contributed by atoms with E-state index < -0.39 is 35.4 Å². The van der Waals surface area contributed by atoms with Gasteiger partial charge >= 0.3 is 12.1 Å². The molecule has 5 N–H and O–H groups in total. The number of pyridine rings is 1. The average molecular weight is 650 g/mol. The Bertz CT molecular complexity index is 1600. The number of hydrogen-bond donors (Lipinski definition) is 4. The van der Waals surface area contributed by atoms with Gasteiger partial charge in [0.1, 0.15) is 17.2 Å². The van der Waals surface area contributed by atoms with Crippen LogP contribution in [0.1, 0.15) is 12.0 Å². The van der Waals surface area contributed by atoms with Crippen molar-refractivity contribution in [2.75, 3.05) is 17.6 Å². The van der Waals surface area contributed by atoms with Crippen LogP contribution in [0.2, 0.25) is 0 Å². The highest BCUT2D eigenvalue weighted by molar-refractivity contribution is 8.00. The van der Waals surface area contributed by atoms with Gasteiger partial charge in [0.15, 0.2) is 12.4 Å². The topological polar surface area (TPSA) is 197 Å². The Kier molecular flexibility index (Phi) is 9.82. The molecular formula is C28H26F3N5O8S. The SMILES string of the molecule is N[C@@H]1C(=O)N2C(C(=O)[O-])=C(/C=C3\CCN(Cc4cc[n+](CC(=O)Nc5cccc(O)c5)cc4)C3=O)CS[C@H]12.O=C(O)C(F)(F)F. The lowest BCUT2D eigenvalue weighted by Crippen LogP contribution is -2.69. The Balaban J connectivity index is 0.000000591. The van der Waals surface area contributed by atoms with Crippen molar-refractivity contribution in [3.05, 3.63) is 77.3 Å². The summed E-state index contributed by atoms with van der Waals surface area (Å²) in [6.45, 7) is 0.906. The molecule has 1 aromatic heterocycles. The fraction of sp³-hybridized carbons (Fsp3) is 0.286.